The summed E-state index contributed by atoms with van der Waals surface area (Å²) < 4.78 is 5.30. The van der Waals surface area contributed by atoms with Crippen LogP contribution in [0.3, 0.4) is 0 Å². The summed E-state index contributed by atoms with van der Waals surface area (Å²) >= 11 is 0. The lowest BCUT2D eigenvalue weighted by Crippen LogP contribution is -2.19. The summed E-state index contributed by atoms with van der Waals surface area (Å²) in [6.45, 7) is 3.97. The van der Waals surface area contributed by atoms with E-state index in [1.807, 2.05) is 6.07 Å². The zero-order chi connectivity index (χ0) is 13.0. The summed E-state index contributed by atoms with van der Waals surface area (Å²) in [5, 5.41) is 0. The quantitative estimate of drug-likeness (QED) is 0.572. The van der Waals surface area contributed by atoms with Crippen LogP contribution >= 0.6 is 0 Å². The summed E-state index contributed by atoms with van der Waals surface area (Å²) in [5.74, 6) is 4.78. The topological polar surface area (TPSA) is 9.23 Å². The zero-order valence-corrected chi connectivity index (χ0v) is 11.0. The molecule has 0 fully saturated rings. The Labute approximate surface area is 110 Å². The van der Waals surface area contributed by atoms with Gasteiger partial charge in [0.2, 0.25) is 0 Å². The van der Waals surface area contributed by atoms with Gasteiger partial charge in [-0.3, -0.25) is 0 Å². The maximum absolute atomic E-state index is 5.40. The van der Waals surface area contributed by atoms with Crippen molar-refractivity contribution in [3.8, 4) is 18.1 Å². The molecule has 0 heterocycles. The van der Waals surface area contributed by atoms with Crippen molar-refractivity contribution in [2.24, 2.45) is 5.92 Å². The lowest BCUT2D eigenvalue weighted by molar-refractivity contribution is 0.405. The maximum Gasteiger partial charge on any atom is 0.119 e. The number of ether oxygens (including phenoxy) is 1. The Hall–Kier alpha value is -1.68. The van der Waals surface area contributed by atoms with Crippen LogP contribution in [0.4, 0.5) is 0 Å². The predicted molar refractivity (Wildman–Crippen MR) is 75.8 cm³/mol. The Kier molecular flexibility index (Phi) is 4.10. The van der Waals surface area contributed by atoms with Crippen LogP contribution in [-0.2, 0) is 6.42 Å². The molecule has 0 radical (unpaired) electrons. The highest BCUT2D eigenvalue weighted by Crippen LogP contribution is 2.40. The van der Waals surface area contributed by atoms with Gasteiger partial charge in [0.25, 0.3) is 0 Å². The van der Waals surface area contributed by atoms with Crippen LogP contribution in [0.1, 0.15) is 36.3 Å². The van der Waals surface area contributed by atoms with Crippen molar-refractivity contribution in [3.05, 3.63) is 42.0 Å². The molecule has 94 valence electrons. The van der Waals surface area contributed by atoms with Gasteiger partial charge in [-0.2, -0.15) is 0 Å². The van der Waals surface area contributed by atoms with Crippen molar-refractivity contribution in [2.45, 2.75) is 31.6 Å². The number of aryl methyl sites for hydroxylation is 1. The average Bonchev–Trinajstić information content (AvgIpc) is 2.43. The second kappa shape index (κ2) is 5.78. The molecule has 2 atom stereocenters. The van der Waals surface area contributed by atoms with Gasteiger partial charge in [-0.25, -0.2) is 0 Å². The number of hydrogen-bond donors (Lipinski definition) is 0. The van der Waals surface area contributed by atoms with Gasteiger partial charge >= 0.3 is 0 Å². The molecule has 1 nitrogen and oxygen atoms in total. The first kappa shape index (κ1) is 12.8. The second-order valence-electron chi connectivity index (χ2n) is 4.85. The highest BCUT2D eigenvalue weighted by atomic mass is 16.5. The van der Waals surface area contributed by atoms with Gasteiger partial charge in [0, 0.05) is 6.42 Å². The standard InChI is InChI=1S/C17H20O/c1-4-6-7-16-13(5-2)8-9-14-12-15(18-3)10-11-17(14)16/h1,5,10-13,16H,2,6-9H2,3H3/t13-,16+/m0/s1. The summed E-state index contributed by atoms with van der Waals surface area (Å²) in [7, 11) is 1.72. The molecule has 0 aromatic heterocycles. The number of hydrogen-bond acceptors (Lipinski definition) is 1. The molecular weight excluding hydrogens is 220 g/mol. The van der Waals surface area contributed by atoms with Crippen LogP contribution in [0.25, 0.3) is 0 Å². The van der Waals surface area contributed by atoms with Gasteiger partial charge in [-0.05, 0) is 54.4 Å². The second-order valence-corrected chi connectivity index (χ2v) is 4.85. The van der Waals surface area contributed by atoms with Crippen LogP contribution in [0, 0.1) is 18.3 Å². The number of rotatable bonds is 4. The molecule has 0 aliphatic heterocycles. The molecule has 0 N–H and O–H groups in total. The molecule has 1 heteroatoms. The monoisotopic (exact) mass is 240 g/mol. The van der Waals surface area contributed by atoms with Crippen molar-refractivity contribution in [2.75, 3.05) is 7.11 Å². The van der Waals surface area contributed by atoms with Gasteiger partial charge in [0.1, 0.15) is 5.75 Å². The van der Waals surface area contributed by atoms with E-state index in [9.17, 15) is 0 Å². The van der Waals surface area contributed by atoms with E-state index < -0.39 is 0 Å². The Morgan fingerprint density at radius 3 is 3.06 bits per heavy atom. The molecule has 1 aliphatic rings. The van der Waals surface area contributed by atoms with E-state index in [1.54, 1.807) is 7.11 Å². The highest BCUT2D eigenvalue weighted by Gasteiger charge is 2.27. The Morgan fingerprint density at radius 2 is 2.39 bits per heavy atom. The first-order valence-electron chi connectivity index (χ1n) is 6.53. The molecule has 0 saturated heterocycles. The largest absolute Gasteiger partial charge is 0.497 e. The van der Waals surface area contributed by atoms with E-state index in [1.165, 1.54) is 17.5 Å². The highest BCUT2D eigenvalue weighted by molar-refractivity contribution is 5.40. The normalized spacial score (nSPS) is 21.8. The number of terminal acetylenes is 1. The molecule has 1 aliphatic carbocycles. The van der Waals surface area contributed by atoms with E-state index in [4.69, 9.17) is 11.2 Å². The summed E-state index contributed by atoms with van der Waals surface area (Å²) in [5.41, 5.74) is 2.84. The van der Waals surface area contributed by atoms with Gasteiger partial charge in [-0.1, -0.05) is 12.1 Å². The fourth-order valence-corrected chi connectivity index (χ4v) is 2.93. The van der Waals surface area contributed by atoms with Crippen LogP contribution in [0.15, 0.2) is 30.9 Å². The van der Waals surface area contributed by atoms with Crippen molar-refractivity contribution >= 4 is 0 Å². The molecule has 1 aromatic rings. The molecule has 0 unspecified atom stereocenters. The third-order valence-corrected chi connectivity index (χ3v) is 3.92. The fraction of sp³-hybridized carbons (Fsp3) is 0.412. The molecule has 0 bridgehead atoms. The molecule has 0 saturated carbocycles. The van der Waals surface area contributed by atoms with E-state index in [-0.39, 0.29) is 0 Å². The lowest BCUT2D eigenvalue weighted by atomic mass is 9.73. The summed E-state index contributed by atoms with van der Waals surface area (Å²) in [6.07, 6.45) is 11.6. The van der Waals surface area contributed by atoms with Crippen LogP contribution < -0.4 is 4.74 Å². The van der Waals surface area contributed by atoms with E-state index in [2.05, 4.69) is 30.7 Å². The number of methoxy groups -OCH3 is 1. The van der Waals surface area contributed by atoms with Crippen LogP contribution in [0.2, 0.25) is 0 Å². The van der Waals surface area contributed by atoms with Crippen molar-refractivity contribution in [1.82, 2.24) is 0 Å². The first-order valence-corrected chi connectivity index (χ1v) is 6.53. The number of allylic oxidation sites excluding steroid dienone is 1. The third-order valence-electron chi connectivity index (χ3n) is 3.92. The van der Waals surface area contributed by atoms with Crippen LogP contribution in [-0.4, -0.2) is 7.11 Å². The minimum atomic E-state index is 0.521. The molecule has 1 aromatic carbocycles. The summed E-state index contributed by atoms with van der Waals surface area (Å²) in [6, 6.07) is 6.41. The van der Waals surface area contributed by atoms with E-state index in [0.29, 0.717) is 11.8 Å². The first-order chi connectivity index (χ1) is 8.80. The zero-order valence-electron chi connectivity index (χ0n) is 11.0. The van der Waals surface area contributed by atoms with E-state index >= 15 is 0 Å². The van der Waals surface area contributed by atoms with Gasteiger partial charge in [-0.15, -0.1) is 18.9 Å². The molecular formula is C17H20O. The van der Waals surface area contributed by atoms with Gasteiger partial charge in [0.05, 0.1) is 7.11 Å². The summed E-state index contributed by atoms with van der Waals surface area (Å²) in [4.78, 5) is 0. The van der Waals surface area contributed by atoms with Crippen molar-refractivity contribution in [1.29, 1.82) is 0 Å². The SMILES string of the molecule is C#CCC[C@H]1c2ccc(OC)cc2CC[C@@H]1C=C. The number of fused-ring (bicyclic) bond motifs is 1. The van der Waals surface area contributed by atoms with Crippen molar-refractivity contribution < 1.29 is 4.74 Å². The Bertz CT molecular complexity index is 467. The van der Waals surface area contributed by atoms with Gasteiger partial charge < -0.3 is 4.74 Å². The predicted octanol–water partition coefficient (Wildman–Crippen LogP) is 3.94. The molecule has 18 heavy (non-hydrogen) atoms. The minimum absolute atomic E-state index is 0.521. The molecule has 0 spiro atoms. The maximum atomic E-state index is 5.40. The third kappa shape index (κ3) is 2.43. The number of benzene rings is 1. The Morgan fingerprint density at radius 1 is 1.56 bits per heavy atom. The minimum Gasteiger partial charge on any atom is -0.497 e. The van der Waals surface area contributed by atoms with E-state index in [0.717, 1.165) is 25.0 Å². The Balaban J connectivity index is 2.32. The molecule has 0 amide bonds. The smallest absolute Gasteiger partial charge is 0.119 e. The fourth-order valence-electron chi connectivity index (χ4n) is 2.93. The average molecular weight is 240 g/mol. The van der Waals surface area contributed by atoms with Crippen molar-refractivity contribution in [3.63, 3.8) is 0 Å². The lowest BCUT2D eigenvalue weighted by Gasteiger charge is -2.32. The van der Waals surface area contributed by atoms with Gasteiger partial charge in [0.15, 0.2) is 0 Å². The molecule has 2 rings (SSSR count). The van der Waals surface area contributed by atoms with Crippen LogP contribution in [0.5, 0.6) is 5.75 Å².